The summed E-state index contributed by atoms with van der Waals surface area (Å²) in [5.41, 5.74) is 1.13. The molecule has 6 nitrogen and oxygen atoms in total. The quantitative estimate of drug-likeness (QED) is 0.166. The summed E-state index contributed by atoms with van der Waals surface area (Å²) >= 11 is 6.77. The van der Waals surface area contributed by atoms with Crippen LogP contribution in [0.15, 0.2) is 47.4 Å². The van der Waals surface area contributed by atoms with Crippen LogP contribution in [0.2, 0.25) is 0 Å². The number of anilines is 1. The maximum atomic E-state index is 13.4. The minimum Gasteiger partial charge on any atom is -0.494 e. The maximum Gasteiger partial charge on any atom is 0.317 e. The number of carbonyl (C=O) groups excluding carboxylic acids is 2. The van der Waals surface area contributed by atoms with Crippen molar-refractivity contribution in [3.63, 3.8) is 0 Å². The number of amides is 1. The number of benzene rings is 2. The van der Waals surface area contributed by atoms with Crippen LogP contribution in [0.3, 0.4) is 0 Å². The second-order valence-corrected chi connectivity index (χ2v) is 12.6. The molecule has 4 aliphatic carbocycles. The molecule has 1 amide bonds. The van der Waals surface area contributed by atoms with E-state index in [2.05, 4.69) is 0 Å². The van der Waals surface area contributed by atoms with Gasteiger partial charge in [0.1, 0.15) is 5.75 Å². The number of thioether (sulfide) groups is 1. The lowest BCUT2D eigenvalue weighted by Gasteiger charge is -2.55. The monoisotopic (exact) mass is 549 g/mol. The summed E-state index contributed by atoms with van der Waals surface area (Å²) in [6, 6.07) is 12.7. The first kappa shape index (κ1) is 25.4. The molecule has 2 aromatic carbocycles. The van der Waals surface area contributed by atoms with Crippen molar-refractivity contribution in [2.45, 2.75) is 45.4 Å². The molecule has 5 fully saturated rings. The fraction of sp³-hybridized carbons (Fsp3) is 0.433. The highest BCUT2D eigenvalue weighted by atomic mass is 32.2. The number of ether oxygens (including phenoxy) is 3. The predicted molar refractivity (Wildman–Crippen MR) is 152 cm³/mol. The average Bonchev–Trinajstić information content (AvgIpc) is 3.17. The fourth-order valence-electron chi connectivity index (χ4n) is 7.13. The van der Waals surface area contributed by atoms with E-state index in [-0.39, 0.29) is 17.3 Å². The van der Waals surface area contributed by atoms with Crippen LogP contribution in [-0.2, 0) is 9.59 Å². The number of hydrogen-bond donors (Lipinski definition) is 0. The van der Waals surface area contributed by atoms with Crippen molar-refractivity contribution < 1.29 is 23.8 Å². The Balaban J connectivity index is 1.19. The minimum atomic E-state index is -0.340. The van der Waals surface area contributed by atoms with E-state index in [1.165, 1.54) is 35.9 Å². The number of thiocarbonyl (C=S) groups is 1. The summed E-state index contributed by atoms with van der Waals surface area (Å²) in [6.45, 7) is 2.50. The number of carbonyl (C=O) groups is 2. The maximum absolute atomic E-state index is 13.4. The lowest BCUT2D eigenvalue weighted by atomic mass is 9.49. The van der Waals surface area contributed by atoms with E-state index in [1.807, 2.05) is 37.3 Å². The van der Waals surface area contributed by atoms with Gasteiger partial charge in [0.2, 0.25) is 0 Å². The third-order valence-corrected chi connectivity index (χ3v) is 9.66. The van der Waals surface area contributed by atoms with Gasteiger partial charge in [-0.05, 0) is 111 Å². The van der Waals surface area contributed by atoms with Gasteiger partial charge in [0.25, 0.3) is 5.91 Å². The first-order chi connectivity index (χ1) is 18.4. The molecular weight excluding hydrogens is 518 g/mol. The standard InChI is InChI=1S/C30H31NO5S2/c1-3-35-23-7-5-22(6-8-23)31-27(32)26(38-29(31)37)14-18-4-9-24(25(13-18)34-2)36-28(33)30-15-19-10-20(16-30)12-21(11-19)17-30/h4-9,13-14,19-21H,3,10-12,15-17H2,1-2H3/b26-14-. The van der Waals surface area contributed by atoms with Gasteiger partial charge in [-0.1, -0.05) is 30.0 Å². The molecule has 38 heavy (non-hydrogen) atoms. The van der Waals surface area contributed by atoms with Gasteiger partial charge in [0.05, 0.1) is 29.7 Å². The Bertz CT molecular complexity index is 1280. The van der Waals surface area contributed by atoms with Crippen LogP contribution in [-0.4, -0.2) is 29.9 Å². The van der Waals surface area contributed by atoms with Gasteiger partial charge < -0.3 is 14.2 Å². The lowest BCUT2D eigenvalue weighted by molar-refractivity contribution is -0.161. The molecule has 7 rings (SSSR count). The van der Waals surface area contributed by atoms with Crippen LogP contribution in [0, 0.1) is 23.2 Å². The van der Waals surface area contributed by atoms with Gasteiger partial charge in [-0.25, -0.2) is 0 Å². The van der Waals surface area contributed by atoms with E-state index < -0.39 is 0 Å². The molecular formula is C30H31NO5S2. The Morgan fingerprint density at radius 3 is 2.32 bits per heavy atom. The zero-order valence-electron chi connectivity index (χ0n) is 21.6. The van der Waals surface area contributed by atoms with Gasteiger partial charge >= 0.3 is 5.97 Å². The summed E-state index contributed by atoms with van der Waals surface area (Å²) < 4.78 is 17.6. The topological polar surface area (TPSA) is 65.1 Å². The molecule has 198 valence electrons. The van der Waals surface area contributed by atoms with Crippen LogP contribution in [0.5, 0.6) is 17.2 Å². The van der Waals surface area contributed by atoms with Crippen molar-refractivity contribution in [1.82, 2.24) is 0 Å². The van der Waals surface area contributed by atoms with Crippen LogP contribution in [0.25, 0.3) is 6.08 Å². The first-order valence-corrected chi connectivity index (χ1v) is 14.5. The van der Waals surface area contributed by atoms with Crippen molar-refractivity contribution in [1.29, 1.82) is 0 Å². The molecule has 0 N–H and O–H groups in total. The van der Waals surface area contributed by atoms with E-state index in [4.69, 9.17) is 26.4 Å². The van der Waals surface area contributed by atoms with E-state index in [1.54, 1.807) is 25.3 Å². The summed E-state index contributed by atoms with van der Waals surface area (Å²) in [5.74, 6) is 3.34. The van der Waals surface area contributed by atoms with Gasteiger partial charge in [0, 0.05) is 0 Å². The molecule has 5 aliphatic rings. The van der Waals surface area contributed by atoms with Crippen LogP contribution in [0.1, 0.15) is 51.0 Å². The normalized spacial score (nSPS) is 28.7. The average molecular weight is 550 g/mol. The van der Waals surface area contributed by atoms with E-state index in [0.717, 1.165) is 30.6 Å². The molecule has 1 heterocycles. The van der Waals surface area contributed by atoms with Gasteiger partial charge in [-0.3, -0.25) is 14.5 Å². The van der Waals surface area contributed by atoms with E-state index in [0.29, 0.717) is 50.8 Å². The third-order valence-electron chi connectivity index (χ3n) is 8.36. The second kappa shape index (κ2) is 10.0. The molecule has 0 aromatic heterocycles. The van der Waals surface area contributed by atoms with Crippen molar-refractivity contribution in [3.05, 3.63) is 52.9 Å². The van der Waals surface area contributed by atoms with Crippen molar-refractivity contribution in [3.8, 4) is 17.2 Å². The Morgan fingerprint density at radius 2 is 1.71 bits per heavy atom. The highest BCUT2D eigenvalue weighted by Crippen LogP contribution is 2.60. The van der Waals surface area contributed by atoms with E-state index >= 15 is 0 Å². The Morgan fingerprint density at radius 1 is 1.05 bits per heavy atom. The Kier molecular flexibility index (Phi) is 6.72. The van der Waals surface area contributed by atoms with Crippen LogP contribution >= 0.6 is 24.0 Å². The predicted octanol–water partition coefficient (Wildman–Crippen LogP) is 6.62. The smallest absolute Gasteiger partial charge is 0.317 e. The highest BCUT2D eigenvalue weighted by Gasteiger charge is 2.55. The molecule has 0 spiro atoms. The van der Waals surface area contributed by atoms with Crippen LogP contribution in [0.4, 0.5) is 5.69 Å². The first-order valence-electron chi connectivity index (χ1n) is 13.3. The van der Waals surface area contributed by atoms with Crippen molar-refractivity contribution >= 4 is 51.9 Å². The molecule has 0 radical (unpaired) electrons. The molecule has 1 aliphatic heterocycles. The fourth-order valence-corrected chi connectivity index (χ4v) is 8.43. The SMILES string of the molecule is CCOc1ccc(N2C(=O)/C(=C/c3ccc(OC(=O)C45CC6CC(CC(C6)C4)C5)c(OC)c3)SC2=S)cc1. The molecule has 4 bridgehead atoms. The molecule has 2 aromatic rings. The zero-order valence-corrected chi connectivity index (χ0v) is 23.2. The van der Waals surface area contributed by atoms with Gasteiger partial charge in [-0.15, -0.1) is 0 Å². The zero-order chi connectivity index (χ0) is 26.4. The molecule has 0 unspecified atom stereocenters. The number of esters is 1. The van der Waals surface area contributed by atoms with Crippen molar-refractivity contribution in [2.75, 3.05) is 18.6 Å². The molecule has 1 saturated heterocycles. The molecule has 0 atom stereocenters. The largest absolute Gasteiger partial charge is 0.494 e. The van der Waals surface area contributed by atoms with Gasteiger partial charge in [-0.2, -0.15) is 0 Å². The number of methoxy groups -OCH3 is 1. The number of hydrogen-bond acceptors (Lipinski definition) is 7. The Labute approximate surface area is 232 Å². The summed E-state index contributed by atoms with van der Waals surface area (Å²) in [6.07, 6.45) is 8.47. The summed E-state index contributed by atoms with van der Waals surface area (Å²) in [7, 11) is 1.56. The second-order valence-electron chi connectivity index (χ2n) is 10.9. The van der Waals surface area contributed by atoms with E-state index in [9.17, 15) is 9.59 Å². The third kappa shape index (κ3) is 4.62. The molecule has 4 saturated carbocycles. The number of nitrogens with zero attached hydrogens (tertiary/aromatic N) is 1. The number of rotatable bonds is 7. The van der Waals surface area contributed by atoms with Crippen molar-refractivity contribution in [2.24, 2.45) is 23.2 Å². The highest BCUT2D eigenvalue weighted by molar-refractivity contribution is 8.27. The van der Waals surface area contributed by atoms with Gasteiger partial charge in [0.15, 0.2) is 15.8 Å². The lowest BCUT2D eigenvalue weighted by Crippen LogP contribution is -2.51. The van der Waals surface area contributed by atoms with Crippen LogP contribution < -0.4 is 19.1 Å². The Hall–Kier alpha value is -2.84. The summed E-state index contributed by atoms with van der Waals surface area (Å²) in [4.78, 5) is 28.7. The summed E-state index contributed by atoms with van der Waals surface area (Å²) in [5, 5.41) is 0. The molecule has 8 heteroatoms. The minimum absolute atomic E-state index is 0.112.